The van der Waals surface area contributed by atoms with Crippen LogP contribution in [0.2, 0.25) is 0 Å². The van der Waals surface area contributed by atoms with Gasteiger partial charge in [0.1, 0.15) is 0 Å². The third kappa shape index (κ3) is 3.10. The molecular formula is C13H22N2. The van der Waals surface area contributed by atoms with Crippen LogP contribution in [0.5, 0.6) is 0 Å². The fraction of sp³-hybridized carbons (Fsp3) is 0.692. The minimum atomic E-state index is 0.930. The maximum absolute atomic E-state index is 3.58. The first kappa shape index (κ1) is 10.7. The van der Waals surface area contributed by atoms with Crippen molar-refractivity contribution in [1.82, 2.24) is 9.88 Å². The molecule has 1 aliphatic carbocycles. The van der Waals surface area contributed by atoms with Crippen molar-refractivity contribution in [3.8, 4) is 0 Å². The first-order chi connectivity index (χ1) is 7.36. The summed E-state index contributed by atoms with van der Waals surface area (Å²) in [5.41, 5.74) is 1.38. The number of hydrogen-bond acceptors (Lipinski definition) is 1. The number of rotatable bonds is 4. The Morgan fingerprint density at radius 3 is 2.80 bits per heavy atom. The molecule has 1 fully saturated rings. The van der Waals surface area contributed by atoms with Crippen LogP contribution in [0.25, 0.3) is 0 Å². The lowest BCUT2D eigenvalue weighted by Gasteiger charge is -2.21. The molecule has 2 nitrogen and oxygen atoms in total. The zero-order valence-corrected chi connectivity index (χ0v) is 9.71. The largest absolute Gasteiger partial charge is 0.353 e. The van der Waals surface area contributed by atoms with Gasteiger partial charge in [-0.2, -0.15) is 0 Å². The molecule has 1 aromatic heterocycles. The SMILES string of the molecule is Cn1cccc1CNCC1CCCCC1. The molecule has 0 spiro atoms. The lowest BCUT2D eigenvalue weighted by Crippen LogP contribution is -2.24. The Bertz CT molecular complexity index is 284. The van der Waals surface area contributed by atoms with Gasteiger partial charge in [0.25, 0.3) is 0 Å². The second-order valence-corrected chi connectivity index (χ2v) is 4.75. The van der Waals surface area contributed by atoms with Gasteiger partial charge >= 0.3 is 0 Å². The van der Waals surface area contributed by atoms with Crippen molar-refractivity contribution in [1.29, 1.82) is 0 Å². The first-order valence-electron chi connectivity index (χ1n) is 6.17. The molecule has 0 radical (unpaired) electrons. The molecule has 0 bridgehead atoms. The van der Waals surface area contributed by atoms with Gasteiger partial charge in [0.05, 0.1) is 0 Å². The molecule has 2 heteroatoms. The smallest absolute Gasteiger partial charge is 0.0359 e. The van der Waals surface area contributed by atoms with Crippen molar-refractivity contribution in [3.63, 3.8) is 0 Å². The van der Waals surface area contributed by atoms with E-state index in [1.54, 1.807) is 0 Å². The standard InChI is InChI=1S/C13H22N2/c1-15-9-5-8-13(15)11-14-10-12-6-3-2-4-7-12/h5,8-9,12,14H,2-4,6-7,10-11H2,1H3. The van der Waals surface area contributed by atoms with Gasteiger partial charge in [-0.3, -0.25) is 0 Å². The summed E-state index contributed by atoms with van der Waals surface area (Å²) in [7, 11) is 2.11. The molecule has 84 valence electrons. The van der Waals surface area contributed by atoms with Crippen molar-refractivity contribution in [2.75, 3.05) is 6.54 Å². The van der Waals surface area contributed by atoms with Crippen LogP contribution >= 0.6 is 0 Å². The number of hydrogen-bond donors (Lipinski definition) is 1. The van der Waals surface area contributed by atoms with Crippen LogP contribution in [-0.4, -0.2) is 11.1 Å². The van der Waals surface area contributed by atoms with Gasteiger partial charge in [-0.25, -0.2) is 0 Å². The van der Waals surface area contributed by atoms with E-state index in [-0.39, 0.29) is 0 Å². The molecule has 0 aliphatic heterocycles. The average molecular weight is 206 g/mol. The molecule has 15 heavy (non-hydrogen) atoms. The fourth-order valence-corrected chi connectivity index (χ4v) is 2.48. The van der Waals surface area contributed by atoms with E-state index >= 15 is 0 Å². The predicted octanol–water partition coefficient (Wildman–Crippen LogP) is 2.70. The third-order valence-corrected chi connectivity index (χ3v) is 3.52. The molecule has 1 heterocycles. The summed E-state index contributed by atoms with van der Waals surface area (Å²) in [6, 6.07) is 4.30. The predicted molar refractivity (Wildman–Crippen MR) is 63.7 cm³/mol. The number of nitrogens with one attached hydrogen (secondary N) is 1. The van der Waals surface area contributed by atoms with E-state index in [0.29, 0.717) is 0 Å². The van der Waals surface area contributed by atoms with E-state index < -0.39 is 0 Å². The highest BCUT2D eigenvalue weighted by Crippen LogP contribution is 2.22. The summed E-state index contributed by atoms with van der Waals surface area (Å²) in [5.74, 6) is 0.930. The number of aryl methyl sites for hydroxylation is 1. The molecule has 0 aromatic carbocycles. The van der Waals surface area contributed by atoms with E-state index in [4.69, 9.17) is 0 Å². The quantitative estimate of drug-likeness (QED) is 0.801. The highest BCUT2D eigenvalue weighted by atomic mass is 15.0. The van der Waals surface area contributed by atoms with Crippen LogP contribution < -0.4 is 5.32 Å². The second kappa shape index (κ2) is 5.36. The van der Waals surface area contributed by atoms with Crippen LogP contribution in [0, 0.1) is 5.92 Å². The molecule has 1 N–H and O–H groups in total. The monoisotopic (exact) mass is 206 g/mol. The summed E-state index contributed by atoms with van der Waals surface area (Å²) in [6.45, 7) is 2.21. The molecule has 2 rings (SSSR count). The maximum atomic E-state index is 3.58. The number of nitrogens with zero attached hydrogens (tertiary/aromatic N) is 1. The summed E-state index contributed by atoms with van der Waals surface area (Å²) < 4.78 is 2.19. The highest BCUT2D eigenvalue weighted by Gasteiger charge is 2.12. The average Bonchev–Trinajstić information content (AvgIpc) is 2.66. The van der Waals surface area contributed by atoms with Crippen LogP contribution in [0.3, 0.4) is 0 Å². The Kier molecular flexibility index (Phi) is 3.84. The van der Waals surface area contributed by atoms with Gasteiger partial charge < -0.3 is 9.88 Å². The van der Waals surface area contributed by atoms with Gasteiger partial charge in [-0.15, -0.1) is 0 Å². The maximum Gasteiger partial charge on any atom is 0.0359 e. The second-order valence-electron chi connectivity index (χ2n) is 4.75. The summed E-state index contributed by atoms with van der Waals surface area (Å²) >= 11 is 0. The van der Waals surface area contributed by atoms with E-state index in [0.717, 1.165) is 12.5 Å². The Morgan fingerprint density at radius 2 is 2.13 bits per heavy atom. The van der Waals surface area contributed by atoms with Gasteiger partial charge in [-0.05, 0) is 37.4 Å². The van der Waals surface area contributed by atoms with E-state index in [9.17, 15) is 0 Å². The van der Waals surface area contributed by atoms with E-state index in [1.807, 2.05) is 0 Å². The lowest BCUT2D eigenvalue weighted by atomic mass is 9.89. The number of aromatic nitrogens is 1. The van der Waals surface area contributed by atoms with Crippen molar-refractivity contribution >= 4 is 0 Å². The lowest BCUT2D eigenvalue weighted by molar-refractivity contribution is 0.341. The Hall–Kier alpha value is -0.760. The van der Waals surface area contributed by atoms with Crippen molar-refractivity contribution in [2.24, 2.45) is 13.0 Å². The van der Waals surface area contributed by atoms with Gasteiger partial charge in [0.2, 0.25) is 0 Å². The fourth-order valence-electron chi connectivity index (χ4n) is 2.48. The van der Waals surface area contributed by atoms with Crippen LogP contribution in [0.1, 0.15) is 37.8 Å². The van der Waals surface area contributed by atoms with Gasteiger partial charge in [0, 0.05) is 25.5 Å². The molecule has 0 saturated heterocycles. The molecular weight excluding hydrogens is 184 g/mol. The van der Waals surface area contributed by atoms with Crippen LogP contribution in [-0.2, 0) is 13.6 Å². The van der Waals surface area contributed by atoms with Crippen LogP contribution in [0.4, 0.5) is 0 Å². The third-order valence-electron chi connectivity index (χ3n) is 3.52. The first-order valence-corrected chi connectivity index (χ1v) is 6.17. The molecule has 0 amide bonds. The molecule has 1 aromatic rings. The molecule has 1 saturated carbocycles. The van der Waals surface area contributed by atoms with Crippen LogP contribution in [0.15, 0.2) is 18.3 Å². The highest BCUT2D eigenvalue weighted by molar-refractivity contribution is 5.05. The normalized spacial score (nSPS) is 18.2. The van der Waals surface area contributed by atoms with E-state index in [2.05, 4.69) is 35.3 Å². The van der Waals surface area contributed by atoms with Crippen molar-refractivity contribution < 1.29 is 0 Å². The zero-order valence-electron chi connectivity index (χ0n) is 9.71. The topological polar surface area (TPSA) is 17.0 Å². The minimum Gasteiger partial charge on any atom is -0.353 e. The Labute approximate surface area is 92.7 Å². The Morgan fingerprint density at radius 1 is 1.33 bits per heavy atom. The molecule has 1 aliphatic rings. The Balaban J connectivity index is 1.68. The zero-order chi connectivity index (χ0) is 10.5. The molecule has 0 unspecified atom stereocenters. The van der Waals surface area contributed by atoms with Gasteiger partial charge in [0.15, 0.2) is 0 Å². The van der Waals surface area contributed by atoms with Gasteiger partial charge in [-0.1, -0.05) is 19.3 Å². The summed E-state index contributed by atoms with van der Waals surface area (Å²) in [5, 5.41) is 3.58. The molecule has 0 atom stereocenters. The summed E-state index contributed by atoms with van der Waals surface area (Å²) in [4.78, 5) is 0. The van der Waals surface area contributed by atoms with Crippen molar-refractivity contribution in [2.45, 2.75) is 38.6 Å². The van der Waals surface area contributed by atoms with Crippen molar-refractivity contribution in [3.05, 3.63) is 24.0 Å². The summed E-state index contributed by atoms with van der Waals surface area (Å²) in [6.07, 6.45) is 9.30. The van der Waals surface area contributed by atoms with E-state index in [1.165, 1.54) is 44.3 Å². The minimum absolute atomic E-state index is 0.930.